The van der Waals surface area contributed by atoms with Crippen LogP contribution in [0.25, 0.3) is 0 Å². The third-order valence-corrected chi connectivity index (χ3v) is 2.24. The first-order valence-corrected chi connectivity index (χ1v) is 5.20. The van der Waals surface area contributed by atoms with Gasteiger partial charge in [0.2, 0.25) is 5.91 Å². The van der Waals surface area contributed by atoms with E-state index in [1.807, 2.05) is 0 Å². The molecule has 0 aromatic rings. The van der Waals surface area contributed by atoms with Gasteiger partial charge in [0.15, 0.2) is 0 Å². The first-order chi connectivity index (χ1) is 6.06. The Hall–Kier alpha value is -0.280. The number of carbonyl (C=O) groups excluding carboxylic acids is 1. The maximum atomic E-state index is 9.46. The molecule has 0 aromatic heterocycles. The maximum absolute atomic E-state index is 9.46. The standard InChI is InChI=1S/C7H15N.C2H4ClNO/c1-6-4-3-5-7(2)8-6;3-1-2(4)5/h6-8H,3-5H2,1-2H3;1H2,(H2,4,5). The molecule has 3 nitrogen and oxygen atoms in total. The number of nitrogens with one attached hydrogen (secondary N) is 1. The largest absolute Gasteiger partial charge is 0.369 e. The second-order valence-electron chi connectivity index (χ2n) is 3.50. The van der Waals surface area contributed by atoms with Crippen molar-refractivity contribution in [2.75, 3.05) is 5.88 Å². The molecule has 4 heteroatoms. The molecule has 1 saturated heterocycles. The Bertz CT molecular complexity index is 145. The Morgan fingerprint density at radius 1 is 1.46 bits per heavy atom. The van der Waals surface area contributed by atoms with Gasteiger partial charge in [-0.05, 0) is 26.7 Å². The zero-order valence-electron chi connectivity index (χ0n) is 8.35. The van der Waals surface area contributed by atoms with E-state index in [0.29, 0.717) is 0 Å². The van der Waals surface area contributed by atoms with Gasteiger partial charge in [-0.3, -0.25) is 4.79 Å². The normalized spacial score (nSPS) is 27.3. The van der Waals surface area contributed by atoms with Gasteiger partial charge in [-0.15, -0.1) is 11.6 Å². The van der Waals surface area contributed by atoms with Gasteiger partial charge in [-0.25, -0.2) is 0 Å². The number of halogens is 1. The summed E-state index contributed by atoms with van der Waals surface area (Å²) in [5.41, 5.74) is 4.52. The summed E-state index contributed by atoms with van der Waals surface area (Å²) in [4.78, 5) is 9.46. The van der Waals surface area contributed by atoms with Gasteiger partial charge in [-0.1, -0.05) is 6.42 Å². The molecule has 0 spiro atoms. The van der Waals surface area contributed by atoms with Crippen LogP contribution < -0.4 is 11.1 Å². The van der Waals surface area contributed by atoms with Crippen LogP contribution in [-0.4, -0.2) is 23.9 Å². The Morgan fingerprint density at radius 3 is 2.00 bits per heavy atom. The fraction of sp³-hybridized carbons (Fsp3) is 0.889. The molecule has 0 saturated carbocycles. The number of amides is 1. The van der Waals surface area contributed by atoms with E-state index in [-0.39, 0.29) is 5.88 Å². The lowest BCUT2D eigenvalue weighted by Gasteiger charge is -2.25. The molecular weight excluding hydrogens is 188 g/mol. The molecule has 3 N–H and O–H groups in total. The van der Waals surface area contributed by atoms with Crippen LogP contribution in [-0.2, 0) is 4.79 Å². The lowest BCUT2D eigenvalue weighted by molar-refractivity contribution is -0.115. The van der Waals surface area contributed by atoms with Gasteiger partial charge in [0.25, 0.3) is 0 Å². The number of hydrogen-bond donors (Lipinski definition) is 2. The minimum absolute atomic E-state index is 0.0833. The first-order valence-electron chi connectivity index (χ1n) is 4.66. The second kappa shape index (κ2) is 7.15. The smallest absolute Gasteiger partial charge is 0.232 e. The number of piperidine rings is 1. The summed E-state index contributed by atoms with van der Waals surface area (Å²) in [6, 6.07) is 1.53. The minimum atomic E-state index is -0.480. The molecule has 1 aliphatic heterocycles. The Morgan fingerprint density at radius 2 is 1.85 bits per heavy atom. The van der Waals surface area contributed by atoms with Gasteiger partial charge >= 0.3 is 0 Å². The van der Waals surface area contributed by atoms with Crippen molar-refractivity contribution in [2.45, 2.75) is 45.2 Å². The first kappa shape index (κ1) is 12.7. The second-order valence-corrected chi connectivity index (χ2v) is 3.77. The van der Waals surface area contributed by atoms with Crippen molar-refractivity contribution in [2.24, 2.45) is 5.73 Å². The molecule has 0 aliphatic carbocycles. The van der Waals surface area contributed by atoms with Crippen molar-refractivity contribution in [1.82, 2.24) is 5.32 Å². The predicted molar refractivity (Wildman–Crippen MR) is 55.8 cm³/mol. The maximum Gasteiger partial charge on any atom is 0.232 e. The van der Waals surface area contributed by atoms with E-state index in [4.69, 9.17) is 11.6 Å². The molecule has 1 aliphatic rings. The number of primary amides is 1. The molecule has 1 rings (SSSR count). The molecule has 0 bridgehead atoms. The summed E-state index contributed by atoms with van der Waals surface area (Å²) in [5.74, 6) is -0.563. The van der Waals surface area contributed by atoms with Crippen LogP contribution in [0.5, 0.6) is 0 Å². The highest BCUT2D eigenvalue weighted by molar-refractivity contribution is 6.27. The fourth-order valence-electron chi connectivity index (χ4n) is 1.38. The van der Waals surface area contributed by atoms with Crippen LogP contribution >= 0.6 is 11.6 Å². The van der Waals surface area contributed by atoms with Crippen LogP contribution in [0.4, 0.5) is 0 Å². The van der Waals surface area contributed by atoms with E-state index in [9.17, 15) is 4.79 Å². The average Bonchev–Trinajstić information content (AvgIpc) is 2.05. The van der Waals surface area contributed by atoms with E-state index < -0.39 is 5.91 Å². The molecule has 1 amide bonds. The van der Waals surface area contributed by atoms with Crippen LogP contribution in [0.2, 0.25) is 0 Å². The van der Waals surface area contributed by atoms with Gasteiger partial charge in [-0.2, -0.15) is 0 Å². The van der Waals surface area contributed by atoms with Crippen LogP contribution in [0.15, 0.2) is 0 Å². The van der Waals surface area contributed by atoms with Crippen molar-refractivity contribution >= 4 is 17.5 Å². The van der Waals surface area contributed by atoms with Crippen molar-refractivity contribution in [3.8, 4) is 0 Å². The highest BCUT2D eigenvalue weighted by Crippen LogP contribution is 2.10. The predicted octanol–water partition coefficient (Wildman–Crippen LogP) is 1.25. The zero-order valence-corrected chi connectivity index (χ0v) is 9.10. The fourth-order valence-corrected chi connectivity index (χ4v) is 1.38. The van der Waals surface area contributed by atoms with E-state index >= 15 is 0 Å². The number of hydrogen-bond acceptors (Lipinski definition) is 2. The molecule has 2 atom stereocenters. The van der Waals surface area contributed by atoms with Crippen LogP contribution in [0.1, 0.15) is 33.1 Å². The third kappa shape index (κ3) is 8.06. The summed E-state index contributed by atoms with van der Waals surface area (Å²) in [6.45, 7) is 4.52. The topological polar surface area (TPSA) is 55.1 Å². The summed E-state index contributed by atoms with van der Waals surface area (Å²) in [6.07, 6.45) is 4.14. The van der Waals surface area contributed by atoms with E-state index in [2.05, 4.69) is 24.9 Å². The van der Waals surface area contributed by atoms with Crippen molar-refractivity contribution in [3.63, 3.8) is 0 Å². The molecule has 1 heterocycles. The van der Waals surface area contributed by atoms with Gasteiger partial charge < -0.3 is 11.1 Å². The highest BCUT2D eigenvalue weighted by Gasteiger charge is 2.11. The number of rotatable bonds is 1. The van der Waals surface area contributed by atoms with Crippen molar-refractivity contribution in [1.29, 1.82) is 0 Å². The summed E-state index contributed by atoms with van der Waals surface area (Å²) in [7, 11) is 0. The van der Waals surface area contributed by atoms with Gasteiger partial charge in [0.1, 0.15) is 5.88 Å². The van der Waals surface area contributed by atoms with E-state index in [1.165, 1.54) is 19.3 Å². The molecule has 13 heavy (non-hydrogen) atoms. The molecule has 78 valence electrons. The SMILES string of the molecule is CC1CCCC(C)N1.NC(=O)CCl. The van der Waals surface area contributed by atoms with Crippen LogP contribution in [0, 0.1) is 0 Å². The highest BCUT2D eigenvalue weighted by atomic mass is 35.5. The molecular formula is C9H19ClN2O. The van der Waals surface area contributed by atoms with E-state index in [1.54, 1.807) is 0 Å². The Balaban J connectivity index is 0.000000252. The number of carbonyl (C=O) groups is 1. The summed E-state index contributed by atoms with van der Waals surface area (Å²) >= 11 is 4.86. The van der Waals surface area contributed by atoms with Crippen molar-refractivity contribution in [3.05, 3.63) is 0 Å². The lowest BCUT2D eigenvalue weighted by atomic mass is 10.0. The summed E-state index contributed by atoms with van der Waals surface area (Å²) < 4.78 is 0. The van der Waals surface area contributed by atoms with Crippen molar-refractivity contribution < 1.29 is 4.79 Å². The average molecular weight is 207 g/mol. The number of nitrogens with two attached hydrogens (primary N) is 1. The summed E-state index contributed by atoms with van der Waals surface area (Å²) in [5, 5.41) is 3.48. The Kier molecular flexibility index (Phi) is 7.00. The van der Waals surface area contributed by atoms with Crippen LogP contribution in [0.3, 0.4) is 0 Å². The minimum Gasteiger partial charge on any atom is -0.369 e. The quantitative estimate of drug-likeness (QED) is 0.635. The molecule has 0 radical (unpaired) electrons. The molecule has 0 aromatic carbocycles. The zero-order chi connectivity index (χ0) is 10.3. The molecule has 2 unspecified atom stereocenters. The lowest BCUT2D eigenvalue weighted by Crippen LogP contribution is -2.38. The number of alkyl halides is 1. The van der Waals surface area contributed by atoms with Gasteiger partial charge in [0.05, 0.1) is 0 Å². The Labute approximate surface area is 85.0 Å². The van der Waals surface area contributed by atoms with Gasteiger partial charge in [0, 0.05) is 12.1 Å². The third-order valence-electron chi connectivity index (χ3n) is 1.98. The monoisotopic (exact) mass is 206 g/mol. The molecule has 1 fully saturated rings. The van der Waals surface area contributed by atoms with E-state index in [0.717, 1.165) is 12.1 Å².